The van der Waals surface area contributed by atoms with Crippen LogP contribution in [-0.2, 0) is 0 Å². The zero-order chi connectivity index (χ0) is 15.0. The van der Waals surface area contributed by atoms with Gasteiger partial charge < -0.3 is 10.0 Å². The van der Waals surface area contributed by atoms with Crippen LogP contribution < -0.4 is 4.90 Å². The van der Waals surface area contributed by atoms with Crippen molar-refractivity contribution in [2.45, 2.75) is 26.4 Å². The molecule has 3 rings (SSSR count). The van der Waals surface area contributed by atoms with Crippen molar-refractivity contribution in [2.75, 3.05) is 11.4 Å². The first-order chi connectivity index (χ1) is 10.0. The van der Waals surface area contributed by atoms with Crippen LogP contribution in [0, 0.1) is 0 Å². The third-order valence-electron chi connectivity index (χ3n) is 3.99. The summed E-state index contributed by atoms with van der Waals surface area (Å²) in [6.45, 7) is 6.74. The van der Waals surface area contributed by atoms with Gasteiger partial charge in [0.25, 0.3) is 0 Å². The Morgan fingerprint density at radius 2 is 1.57 bits per heavy atom. The number of rotatable bonds is 2. The second-order valence-corrected chi connectivity index (χ2v) is 5.94. The Hall–Kier alpha value is -2.06. The third-order valence-corrected chi connectivity index (χ3v) is 3.99. The van der Waals surface area contributed by atoms with Gasteiger partial charge in [0, 0.05) is 23.5 Å². The van der Waals surface area contributed by atoms with Crippen LogP contribution in [0.25, 0.3) is 11.6 Å². The Labute approximate surface area is 126 Å². The van der Waals surface area contributed by atoms with E-state index in [9.17, 15) is 5.11 Å². The van der Waals surface area contributed by atoms with Crippen molar-refractivity contribution >= 4 is 23.0 Å². The fraction of sp³-hybridized carbons (Fsp3) is 0.263. The van der Waals surface area contributed by atoms with Crippen molar-refractivity contribution in [3.63, 3.8) is 0 Å². The Morgan fingerprint density at radius 3 is 2.24 bits per heavy atom. The lowest BCUT2D eigenvalue weighted by molar-refractivity contribution is 0.144. The molecule has 0 saturated carbocycles. The molecule has 0 atom stereocenters. The monoisotopic (exact) mass is 279 g/mol. The van der Waals surface area contributed by atoms with Crippen molar-refractivity contribution < 1.29 is 5.11 Å². The number of nitrogens with zero attached hydrogens (tertiary/aromatic N) is 1. The Bertz CT molecular complexity index is 695. The summed E-state index contributed by atoms with van der Waals surface area (Å²) in [6.07, 6.45) is 2.11. The highest BCUT2D eigenvalue weighted by molar-refractivity contribution is 5.97. The molecule has 108 valence electrons. The van der Waals surface area contributed by atoms with Gasteiger partial charge in [0.15, 0.2) is 0 Å². The highest BCUT2D eigenvalue weighted by Gasteiger charge is 2.27. The van der Waals surface area contributed by atoms with Crippen LogP contribution >= 0.6 is 0 Å². The van der Waals surface area contributed by atoms with Gasteiger partial charge in [-0.1, -0.05) is 36.4 Å². The molecule has 2 heteroatoms. The van der Waals surface area contributed by atoms with Gasteiger partial charge in [-0.3, -0.25) is 0 Å². The minimum atomic E-state index is -0.882. The van der Waals surface area contributed by atoms with E-state index in [1.807, 2.05) is 26.0 Å². The number of fused-ring (bicyclic) bond motifs is 2. The molecule has 0 aromatic heterocycles. The SMILES string of the molecule is CCN1c2ccccc2C=C(C(C)(C)O)c2ccccc21. The third kappa shape index (κ3) is 2.36. The van der Waals surface area contributed by atoms with Crippen LogP contribution in [0.5, 0.6) is 0 Å². The van der Waals surface area contributed by atoms with Crippen molar-refractivity contribution in [1.82, 2.24) is 0 Å². The van der Waals surface area contributed by atoms with Crippen LogP contribution in [0.4, 0.5) is 11.4 Å². The average Bonchev–Trinajstić information content (AvgIpc) is 2.60. The highest BCUT2D eigenvalue weighted by Crippen LogP contribution is 2.42. The molecule has 0 saturated heterocycles. The highest BCUT2D eigenvalue weighted by atomic mass is 16.3. The molecule has 2 nitrogen and oxygen atoms in total. The Balaban J connectivity index is 2.35. The molecule has 1 aliphatic heterocycles. The standard InChI is InChI=1S/C19H21NO/c1-4-20-17-11-7-5-9-14(17)13-16(19(2,3)21)15-10-6-8-12-18(15)20/h5-13,21H,4H2,1-3H3. The smallest absolute Gasteiger partial charge is 0.0847 e. The summed E-state index contributed by atoms with van der Waals surface area (Å²) in [6, 6.07) is 16.6. The van der Waals surface area contributed by atoms with Crippen LogP contribution in [0.1, 0.15) is 31.9 Å². The van der Waals surface area contributed by atoms with Crippen molar-refractivity contribution in [1.29, 1.82) is 0 Å². The summed E-state index contributed by atoms with van der Waals surface area (Å²) in [5, 5.41) is 10.6. The van der Waals surface area contributed by atoms with Gasteiger partial charge in [-0.05, 0) is 50.1 Å². The van der Waals surface area contributed by atoms with E-state index in [4.69, 9.17) is 0 Å². The number of benzene rings is 2. The maximum absolute atomic E-state index is 10.6. The summed E-state index contributed by atoms with van der Waals surface area (Å²) in [5.74, 6) is 0. The fourth-order valence-corrected chi connectivity index (χ4v) is 3.00. The van der Waals surface area contributed by atoms with Gasteiger partial charge in [0.1, 0.15) is 0 Å². The molecule has 0 bridgehead atoms. The molecule has 0 aliphatic carbocycles. The molecule has 1 heterocycles. The molecule has 0 unspecified atom stereocenters. The molecule has 0 radical (unpaired) electrons. The van der Waals surface area contributed by atoms with Crippen molar-refractivity contribution in [2.24, 2.45) is 0 Å². The Kier molecular flexibility index (Phi) is 3.34. The van der Waals surface area contributed by atoms with E-state index in [1.54, 1.807) is 0 Å². The lowest BCUT2D eigenvalue weighted by Gasteiger charge is -2.27. The van der Waals surface area contributed by atoms with Crippen molar-refractivity contribution in [3.8, 4) is 0 Å². The van der Waals surface area contributed by atoms with E-state index in [0.717, 1.165) is 28.9 Å². The molecule has 1 aliphatic rings. The molecular weight excluding hydrogens is 258 g/mol. The summed E-state index contributed by atoms with van der Waals surface area (Å²) in [5.41, 5.74) is 4.66. The second kappa shape index (κ2) is 5.05. The van der Waals surface area contributed by atoms with Gasteiger partial charge in [0.2, 0.25) is 0 Å². The number of hydrogen-bond acceptors (Lipinski definition) is 2. The quantitative estimate of drug-likeness (QED) is 0.876. The molecule has 0 spiro atoms. The second-order valence-electron chi connectivity index (χ2n) is 5.94. The van der Waals surface area contributed by atoms with E-state index in [0.29, 0.717) is 0 Å². The molecule has 0 amide bonds. The van der Waals surface area contributed by atoms with E-state index >= 15 is 0 Å². The first-order valence-corrected chi connectivity index (χ1v) is 7.43. The lowest BCUT2D eigenvalue weighted by atomic mass is 9.89. The van der Waals surface area contributed by atoms with E-state index in [-0.39, 0.29) is 0 Å². The van der Waals surface area contributed by atoms with Crippen LogP contribution in [0.15, 0.2) is 48.5 Å². The molecule has 1 N–H and O–H groups in total. The molecular formula is C19H21NO. The van der Waals surface area contributed by atoms with Crippen molar-refractivity contribution in [3.05, 3.63) is 59.7 Å². The van der Waals surface area contributed by atoms with Gasteiger partial charge in [-0.15, -0.1) is 0 Å². The summed E-state index contributed by atoms with van der Waals surface area (Å²) >= 11 is 0. The number of anilines is 2. The van der Waals surface area contributed by atoms with Gasteiger partial charge >= 0.3 is 0 Å². The molecule has 0 fully saturated rings. The number of aliphatic hydroxyl groups is 1. The molecule has 2 aromatic rings. The zero-order valence-corrected chi connectivity index (χ0v) is 12.8. The Morgan fingerprint density at radius 1 is 0.952 bits per heavy atom. The summed E-state index contributed by atoms with van der Waals surface area (Å²) in [7, 11) is 0. The predicted molar refractivity (Wildman–Crippen MR) is 89.7 cm³/mol. The predicted octanol–water partition coefficient (Wildman–Crippen LogP) is 4.47. The largest absolute Gasteiger partial charge is 0.386 e. The van der Waals surface area contributed by atoms with Gasteiger partial charge in [0.05, 0.1) is 5.60 Å². The fourth-order valence-electron chi connectivity index (χ4n) is 3.00. The van der Waals surface area contributed by atoms with E-state index < -0.39 is 5.60 Å². The molecule has 2 aromatic carbocycles. The molecule has 21 heavy (non-hydrogen) atoms. The number of para-hydroxylation sites is 2. The minimum Gasteiger partial charge on any atom is -0.386 e. The van der Waals surface area contributed by atoms with E-state index in [1.165, 1.54) is 5.69 Å². The maximum Gasteiger partial charge on any atom is 0.0847 e. The van der Waals surface area contributed by atoms with Gasteiger partial charge in [-0.25, -0.2) is 0 Å². The van der Waals surface area contributed by atoms with Crippen LogP contribution in [-0.4, -0.2) is 17.3 Å². The van der Waals surface area contributed by atoms with Gasteiger partial charge in [-0.2, -0.15) is 0 Å². The zero-order valence-electron chi connectivity index (χ0n) is 12.8. The first kappa shape index (κ1) is 13.9. The van der Waals surface area contributed by atoms with E-state index in [2.05, 4.69) is 54.3 Å². The summed E-state index contributed by atoms with van der Waals surface area (Å²) < 4.78 is 0. The summed E-state index contributed by atoms with van der Waals surface area (Å²) in [4.78, 5) is 2.31. The first-order valence-electron chi connectivity index (χ1n) is 7.43. The minimum absolute atomic E-state index is 0.882. The van der Waals surface area contributed by atoms with Crippen LogP contribution in [0.2, 0.25) is 0 Å². The lowest BCUT2D eigenvalue weighted by Crippen LogP contribution is -2.22. The van der Waals surface area contributed by atoms with Crippen LogP contribution in [0.3, 0.4) is 0 Å². The topological polar surface area (TPSA) is 23.5 Å². The number of hydrogen-bond donors (Lipinski definition) is 1. The maximum atomic E-state index is 10.6. The normalized spacial score (nSPS) is 14.1. The average molecular weight is 279 g/mol.